The molecule has 1 saturated carbocycles. The highest BCUT2D eigenvalue weighted by Gasteiger charge is 2.22. The fraction of sp³-hybridized carbons (Fsp3) is 0.381. The van der Waals surface area contributed by atoms with E-state index in [9.17, 15) is 4.39 Å². The number of rotatable bonds is 3. The Labute approximate surface area is 147 Å². The quantitative estimate of drug-likeness (QED) is 0.683. The van der Waals surface area contributed by atoms with E-state index >= 15 is 0 Å². The summed E-state index contributed by atoms with van der Waals surface area (Å²) in [7, 11) is 0. The van der Waals surface area contributed by atoms with E-state index in [1.54, 1.807) is 6.07 Å². The minimum atomic E-state index is -0.215. The minimum Gasteiger partial charge on any atom is -0.367 e. The first-order valence-corrected chi connectivity index (χ1v) is 9.15. The first-order chi connectivity index (χ1) is 12.1. The molecular weight excluding hydrogens is 313 g/mol. The topological polar surface area (TPSA) is 29.3 Å². The van der Waals surface area contributed by atoms with E-state index in [0.717, 1.165) is 41.3 Å². The van der Waals surface area contributed by atoms with Gasteiger partial charge in [-0.05, 0) is 50.5 Å². The van der Waals surface area contributed by atoms with Gasteiger partial charge in [0, 0.05) is 17.3 Å². The maximum absolute atomic E-state index is 14.6. The van der Waals surface area contributed by atoms with E-state index < -0.39 is 0 Å². The van der Waals surface area contributed by atoms with E-state index in [0.29, 0.717) is 11.6 Å². The first-order valence-electron chi connectivity index (χ1n) is 9.15. The smallest absolute Gasteiger partial charge is 0.139 e. The Hall–Kier alpha value is -2.36. The van der Waals surface area contributed by atoms with Crippen LogP contribution in [0.25, 0.3) is 16.9 Å². The molecule has 1 N–H and O–H groups in total. The summed E-state index contributed by atoms with van der Waals surface area (Å²) < 4.78 is 16.8. The van der Waals surface area contributed by atoms with Gasteiger partial charge in [0.05, 0.1) is 0 Å². The second kappa shape index (κ2) is 6.51. The molecule has 4 rings (SSSR count). The lowest BCUT2D eigenvalue weighted by Crippen LogP contribution is -2.23. The lowest BCUT2D eigenvalue weighted by Gasteiger charge is -2.24. The molecule has 130 valence electrons. The summed E-state index contributed by atoms with van der Waals surface area (Å²) in [4.78, 5) is 4.79. The number of hydrogen-bond acceptors (Lipinski definition) is 2. The van der Waals surface area contributed by atoms with Gasteiger partial charge in [-0.2, -0.15) is 0 Å². The molecule has 0 spiro atoms. The van der Waals surface area contributed by atoms with Crippen LogP contribution in [0, 0.1) is 19.7 Å². The standard InChI is InChI=1S/C21H24FN3/c1-14-8-6-12-17(22)19(14)20-21(23-16-10-4-3-5-11-16)25-15(2)9-7-13-18(25)24-20/h6-9,12-13,16,23H,3-5,10-11H2,1-2H3. The molecule has 0 unspecified atom stereocenters. The summed E-state index contributed by atoms with van der Waals surface area (Å²) in [6.07, 6.45) is 6.14. The third-order valence-electron chi connectivity index (χ3n) is 5.24. The van der Waals surface area contributed by atoms with E-state index in [4.69, 9.17) is 4.98 Å². The second-order valence-electron chi connectivity index (χ2n) is 7.08. The Morgan fingerprint density at radius 3 is 2.56 bits per heavy atom. The van der Waals surface area contributed by atoms with Crippen LogP contribution in [0.15, 0.2) is 36.4 Å². The molecule has 2 heterocycles. The van der Waals surface area contributed by atoms with Crippen LogP contribution in [-0.4, -0.2) is 15.4 Å². The van der Waals surface area contributed by atoms with Gasteiger partial charge in [-0.15, -0.1) is 0 Å². The van der Waals surface area contributed by atoms with Crippen molar-refractivity contribution in [2.24, 2.45) is 0 Å². The molecule has 1 fully saturated rings. The number of fused-ring (bicyclic) bond motifs is 1. The lowest BCUT2D eigenvalue weighted by molar-refractivity contribution is 0.461. The van der Waals surface area contributed by atoms with Crippen molar-refractivity contribution in [2.75, 3.05) is 5.32 Å². The molecular formula is C21H24FN3. The normalized spacial score (nSPS) is 15.6. The van der Waals surface area contributed by atoms with Crippen LogP contribution in [-0.2, 0) is 0 Å². The van der Waals surface area contributed by atoms with E-state index in [1.807, 2.05) is 25.1 Å². The van der Waals surface area contributed by atoms with Crippen molar-refractivity contribution in [1.29, 1.82) is 0 Å². The van der Waals surface area contributed by atoms with Gasteiger partial charge in [0.15, 0.2) is 0 Å². The van der Waals surface area contributed by atoms with E-state index in [-0.39, 0.29) is 5.82 Å². The summed E-state index contributed by atoms with van der Waals surface area (Å²) in [5, 5.41) is 3.70. The van der Waals surface area contributed by atoms with Crippen molar-refractivity contribution in [2.45, 2.75) is 52.0 Å². The van der Waals surface area contributed by atoms with Crippen molar-refractivity contribution < 1.29 is 4.39 Å². The van der Waals surface area contributed by atoms with Gasteiger partial charge in [-0.3, -0.25) is 4.40 Å². The highest BCUT2D eigenvalue weighted by molar-refractivity contribution is 5.79. The molecule has 0 aliphatic heterocycles. The summed E-state index contributed by atoms with van der Waals surface area (Å²) >= 11 is 0. The Morgan fingerprint density at radius 1 is 1.04 bits per heavy atom. The number of nitrogens with one attached hydrogen (secondary N) is 1. The molecule has 0 atom stereocenters. The van der Waals surface area contributed by atoms with Gasteiger partial charge < -0.3 is 5.32 Å². The van der Waals surface area contributed by atoms with Crippen molar-refractivity contribution in [1.82, 2.24) is 9.38 Å². The van der Waals surface area contributed by atoms with Crippen molar-refractivity contribution in [3.8, 4) is 11.3 Å². The van der Waals surface area contributed by atoms with Crippen LogP contribution in [0.4, 0.5) is 10.2 Å². The molecule has 3 aromatic rings. The molecule has 1 aliphatic carbocycles. The number of imidazole rings is 1. The van der Waals surface area contributed by atoms with E-state index in [2.05, 4.69) is 22.7 Å². The molecule has 2 aromatic heterocycles. The fourth-order valence-electron chi connectivity index (χ4n) is 3.93. The average molecular weight is 337 g/mol. The van der Waals surface area contributed by atoms with Gasteiger partial charge in [0.25, 0.3) is 0 Å². The third-order valence-corrected chi connectivity index (χ3v) is 5.24. The highest BCUT2D eigenvalue weighted by atomic mass is 19.1. The van der Waals surface area contributed by atoms with Gasteiger partial charge in [0.2, 0.25) is 0 Å². The zero-order valence-corrected chi connectivity index (χ0v) is 14.8. The largest absolute Gasteiger partial charge is 0.367 e. The van der Waals surface area contributed by atoms with Crippen molar-refractivity contribution in [3.63, 3.8) is 0 Å². The summed E-state index contributed by atoms with van der Waals surface area (Å²) in [5.41, 5.74) is 4.19. The summed E-state index contributed by atoms with van der Waals surface area (Å²) in [5.74, 6) is 0.709. The monoisotopic (exact) mass is 337 g/mol. The molecule has 4 heteroatoms. The molecule has 25 heavy (non-hydrogen) atoms. The number of nitrogens with zero attached hydrogens (tertiary/aromatic N) is 2. The van der Waals surface area contributed by atoms with Crippen LogP contribution in [0.1, 0.15) is 43.4 Å². The maximum atomic E-state index is 14.6. The molecule has 3 nitrogen and oxygen atoms in total. The molecule has 0 saturated heterocycles. The Balaban J connectivity index is 1.91. The van der Waals surface area contributed by atoms with Crippen LogP contribution >= 0.6 is 0 Å². The van der Waals surface area contributed by atoms with Crippen LogP contribution in [0.5, 0.6) is 0 Å². The first kappa shape index (κ1) is 16.1. The number of pyridine rings is 1. The van der Waals surface area contributed by atoms with E-state index in [1.165, 1.54) is 25.3 Å². The fourth-order valence-corrected chi connectivity index (χ4v) is 3.93. The number of aromatic nitrogens is 2. The minimum absolute atomic E-state index is 0.215. The Bertz CT molecular complexity index is 887. The maximum Gasteiger partial charge on any atom is 0.139 e. The number of hydrogen-bond donors (Lipinski definition) is 1. The predicted octanol–water partition coefficient (Wildman–Crippen LogP) is 5.50. The van der Waals surface area contributed by atoms with Gasteiger partial charge >= 0.3 is 0 Å². The van der Waals surface area contributed by atoms with Gasteiger partial charge in [-0.1, -0.05) is 37.5 Å². The van der Waals surface area contributed by atoms with Gasteiger partial charge in [-0.25, -0.2) is 9.37 Å². The zero-order valence-electron chi connectivity index (χ0n) is 14.8. The van der Waals surface area contributed by atoms with Crippen LogP contribution in [0.2, 0.25) is 0 Å². The average Bonchev–Trinajstić information content (AvgIpc) is 2.95. The van der Waals surface area contributed by atoms with Crippen LogP contribution < -0.4 is 5.32 Å². The number of benzene rings is 1. The molecule has 0 radical (unpaired) electrons. The molecule has 0 bridgehead atoms. The SMILES string of the molecule is Cc1cccc(F)c1-c1nc2cccc(C)n2c1NC1CCCCC1. The van der Waals surface area contributed by atoms with Gasteiger partial charge in [0.1, 0.15) is 23.0 Å². The molecule has 1 aromatic carbocycles. The second-order valence-corrected chi connectivity index (χ2v) is 7.08. The molecule has 1 aliphatic rings. The molecule has 0 amide bonds. The highest BCUT2D eigenvalue weighted by Crippen LogP contribution is 2.35. The Morgan fingerprint density at radius 2 is 1.80 bits per heavy atom. The number of anilines is 1. The number of aryl methyl sites for hydroxylation is 2. The zero-order chi connectivity index (χ0) is 17.4. The third kappa shape index (κ3) is 2.90. The number of halogens is 1. The summed E-state index contributed by atoms with van der Waals surface area (Å²) in [6.45, 7) is 4.01. The Kier molecular flexibility index (Phi) is 4.20. The summed E-state index contributed by atoms with van der Waals surface area (Å²) in [6, 6.07) is 11.7. The van der Waals surface area contributed by atoms with Crippen molar-refractivity contribution in [3.05, 3.63) is 53.5 Å². The van der Waals surface area contributed by atoms with Crippen LogP contribution in [0.3, 0.4) is 0 Å². The predicted molar refractivity (Wildman–Crippen MR) is 101 cm³/mol. The van der Waals surface area contributed by atoms with Crippen molar-refractivity contribution >= 4 is 11.5 Å². The lowest BCUT2D eigenvalue weighted by atomic mass is 9.95.